The third-order valence-corrected chi connectivity index (χ3v) is 2.49. The predicted octanol–water partition coefficient (Wildman–Crippen LogP) is 1.69. The molecule has 1 rings (SSSR count). The van der Waals surface area contributed by atoms with Gasteiger partial charge in [-0.05, 0) is 25.1 Å². The van der Waals surface area contributed by atoms with Crippen molar-refractivity contribution in [3.63, 3.8) is 0 Å². The summed E-state index contributed by atoms with van der Waals surface area (Å²) in [5.41, 5.74) is 6.34. The Morgan fingerprint density at radius 2 is 2.11 bits per heavy atom. The molecule has 0 unspecified atom stereocenters. The summed E-state index contributed by atoms with van der Waals surface area (Å²) >= 11 is 0. The molecule has 0 saturated heterocycles. The van der Waals surface area contributed by atoms with Gasteiger partial charge in [0.25, 0.3) is 5.91 Å². The average molecular weight is 263 g/mol. The fourth-order valence-corrected chi connectivity index (χ4v) is 1.34. The molecule has 6 nitrogen and oxygen atoms in total. The van der Waals surface area contributed by atoms with Crippen molar-refractivity contribution in [1.29, 1.82) is 0 Å². The number of amides is 3. The Kier molecular flexibility index (Phi) is 4.93. The van der Waals surface area contributed by atoms with Crippen LogP contribution in [0, 0.1) is 0 Å². The number of benzene rings is 1. The topological polar surface area (TPSA) is 84.7 Å². The van der Waals surface area contributed by atoms with Gasteiger partial charge in [0, 0.05) is 24.5 Å². The minimum Gasteiger partial charge on any atom is -0.501 e. The molecule has 3 N–H and O–H groups in total. The summed E-state index contributed by atoms with van der Waals surface area (Å²) in [6.45, 7) is 1.68. The highest BCUT2D eigenvalue weighted by molar-refractivity contribution is 6.00. The molecule has 0 radical (unpaired) electrons. The molecular formula is C13H17N3O3. The van der Waals surface area contributed by atoms with Gasteiger partial charge in [-0.1, -0.05) is 6.07 Å². The first-order chi connectivity index (χ1) is 8.93. The number of rotatable bonds is 4. The van der Waals surface area contributed by atoms with Crippen LogP contribution in [0.25, 0.3) is 0 Å². The Morgan fingerprint density at radius 3 is 2.68 bits per heavy atom. The maximum atomic E-state index is 11.6. The van der Waals surface area contributed by atoms with E-state index >= 15 is 0 Å². The summed E-state index contributed by atoms with van der Waals surface area (Å²) in [7, 11) is 3.04. The van der Waals surface area contributed by atoms with Gasteiger partial charge in [-0.3, -0.25) is 9.69 Å². The zero-order valence-corrected chi connectivity index (χ0v) is 11.1. The van der Waals surface area contributed by atoms with Crippen molar-refractivity contribution in [2.75, 3.05) is 24.4 Å². The Balaban J connectivity index is 2.83. The first kappa shape index (κ1) is 14.6. The molecule has 1 aromatic carbocycles. The van der Waals surface area contributed by atoms with E-state index in [-0.39, 0.29) is 5.91 Å². The largest absolute Gasteiger partial charge is 0.501 e. The molecule has 0 aliphatic heterocycles. The number of nitrogens with two attached hydrogens (primary N) is 1. The number of nitrogens with one attached hydrogen (secondary N) is 1. The molecule has 6 heteroatoms. The highest BCUT2D eigenvalue weighted by atomic mass is 16.5. The van der Waals surface area contributed by atoms with Crippen LogP contribution in [-0.2, 0) is 9.53 Å². The molecule has 0 aliphatic rings. The number of carbonyl (C=O) groups excluding carboxylic acids is 2. The Morgan fingerprint density at radius 1 is 1.42 bits per heavy atom. The van der Waals surface area contributed by atoms with E-state index in [4.69, 9.17) is 10.5 Å². The summed E-state index contributed by atoms with van der Waals surface area (Å²) in [5.74, 6) is 0.195. The van der Waals surface area contributed by atoms with Crippen molar-refractivity contribution in [3.05, 3.63) is 36.1 Å². The van der Waals surface area contributed by atoms with E-state index in [1.165, 1.54) is 18.1 Å². The van der Waals surface area contributed by atoms with Crippen LogP contribution in [0.15, 0.2) is 36.1 Å². The van der Waals surface area contributed by atoms with Crippen LogP contribution in [0.2, 0.25) is 0 Å². The van der Waals surface area contributed by atoms with Crippen LogP contribution in [0.5, 0.6) is 0 Å². The van der Waals surface area contributed by atoms with E-state index in [1.807, 2.05) is 0 Å². The van der Waals surface area contributed by atoms with Gasteiger partial charge in [-0.2, -0.15) is 0 Å². The van der Waals surface area contributed by atoms with Gasteiger partial charge < -0.3 is 15.8 Å². The van der Waals surface area contributed by atoms with E-state index in [2.05, 4.69) is 5.32 Å². The summed E-state index contributed by atoms with van der Waals surface area (Å²) in [5, 5.41) is 2.67. The summed E-state index contributed by atoms with van der Waals surface area (Å²) < 4.78 is 4.88. The predicted molar refractivity (Wildman–Crippen MR) is 73.8 cm³/mol. The number of urea groups is 1. The lowest BCUT2D eigenvalue weighted by atomic mass is 10.2. The molecule has 0 saturated carbocycles. The van der Waals surface area contributed by atoms with Crippen LogP contribution in [-0.4, -0.2) is 26.1 Å². The highest BCUT2D eigenvalue weighted by Gasteiger charge is 2.07. The van der Waals surface area contributed by atoms with Gasteiger partial charge in [0.05, 0.1) is 12.9 Å². The zero-order chi connectivity index (χ0) is 14.4. The lowest BCUT2D eigenvalue weighted by Crippen LogP contribution is -2.31. The van der Waals surface area contributed by atoms with Crippen molar-refractivity contribution < 1.29 is 14.3 Å². The van der Waals surface area contributed by atoms with Crippen molar-refractivity contribution in [2.24, 2.45) is 5.73 Å². The standard InChI is InChI=1S/C13H17N3O3/c1-9(19-3)7-12(17)15-10-5-4-6-11(8-10)16(2)13(14)18/h4-8H,1-3H3,(H2,14,18)(H,15,17)/b9-7-. The minimum absolute atomic E-state index is 0.307. The molecule has 0 aromatic heterocycles. The molecule has 3 amide bonds. The Hall–Kier alpha value is -2.50. The first-order valence-electron chi connectivity index (χ1n) is 5.60. The smallest absolute Gasteiger partial charge is 0.318 e. The number of allylic oxidation sites excluding steroid dienone is 1. The molecule has 1 aromatic rings. The second kappa shape index (κ2) is 6.44. The number of primary amides is 1. The fraction of sp³-hybridized carbons (Fsp3) is 0.231. The average Bonchev–Trinajstić information content (AvgIpc) is 2.37. The van der Waals surface area contributed by atoms with E-state index in [0.717, 1.165) is 0 Å². The van der Waals surface area contributed by atoms with Crippen LogP contribution in [0.4, 0.5) is 16.2 Å². The molecule has 0 atom stereocenters. The SMILES string of the molecule is CO/C(C)=C\C(=O)Nc1cccc(N(C)C(N)=O)c1. The van der Waals surface area contributed by atoms with Crippen molar-refractivity contribution in [3.8, 4) is 0 Å². The maximum absolute atomic E-state index is 11.6. The normalized spacial score (nSPS) is 10.8. The Bertz CT molecular complexity index is 512. The summed E-state index contributed by atoms with van der Waals surface area (Å²) in [6, 6.07) is 6.23. The molecule has 102 valence electrons. The minimum atomic E-state index is -0.571. The zero-order valence-electron chi connectivity index (χ0n) is 11.1. The van der Waals surface area contributed by atoms with Gasteiger partial charge >= 0.3 is 6.03 Å². The summed E-state index contributed by atoms with van der Waals surface area (Å²) in [4.78, 5) is 24.0. The fourth-order valence-electron chi connectivity index (χ4n) is 1.34. The monoisotopic (exact) mass is 263 g/mol. The number of hydrogen-bond donors (Lipinski definition) is 2. The van der Waals surface area contributed by atoms with Gasteiger partial charge in [0.2, 0.25) is 0 Å². The molecule has 0 aliphatic carbocycles. The molecule has 0 heterocycles. The quantitative estimate of drug-likeness (QED) is 0.640. The first-order valence-corrected chi connectivity index (χ1v) is 5.60. The number of ether oxygens (including phenoxy) is 1. The number of methoxy groups -OCH3 is 1. The molecule has 0 bridgehead atoms. The van der Waals surface area contributed by atoms with E-state index < -0.39 is 6.03 Å². The Labute approximate surface area is 111 Å². The molecule has 0 fully saturated rings. The number of hydrogen-bond acceptors (Lipinski definition) is 3. The van der Waals surface area contributed by atoms with Crippen LogP contribution < -0.4 is 16.0 Å². The van der Waals surface area contributed by atoms with Gasteiger partial charge in [0.1, 0.15) is 0 Å². The van der Waals surface area contributed by atoms with Crippen molar-refractivity contribution >= 4 is 23.3 Å². The van der Waals surface area contributed by atoms with Crippen LogP contribution >= 0.6 is 0 Å². The van der Waals surface area contributed by atoms with E-state index in [0.29, 0.717) is 17.1 Å². The van der Waals surface area contributed by atoms with Crippen molar-refractivity contribution in [2.45, 2.75) is 6.92 Å². The summed E-state index contributed by atoms with van der Waals surface area (Å²) in [6.07, 6.45) is 1.34. The maximum Gasteiger partial charge on any atom is 0.318 e. The van der Waals surface area contributed by atoms with Gasteiger partial charge in [-0.25, -0.2) is 4.79 Å². The molecule has 19 heavy (non-hydrogen) atoms. The third-order valence-electron chi connectivity index (χ3n) is 2.49. The van der Waals surface area contributed by atoms with E-state index in [1.54, 1.807) is 38.2 Å². The highest BCUT2D eigenvalue weighted by Crippen LogP contribution is 2.18. The second-order valence-corrected chi connectivity index (χ2v) is 3.90. The van der Waals surface area contributed by atoms with Crippen LogP contribution in [0.1, 0.15) is 6.92 Å². The van der Waals surface area contributed by atoms with E-state index in [9.17, 15) is 9.59 Å². The number of anilines is 2. The van der Waals surface area contributed by atoms with Gasteiger partial charge in [-0.15, -0.1) is 0 Å². The number of carbonyl (C=O) groups is 2. The third kappa shape index (κ3) is 4.34. The number of nitrogens with zero attached hydrogens (tertiary/aromatic N) is 1. The molecule has 0 spiro atoms. The van der Waals surface area contributed by atoms with Crippen LogP contribution in [0.3, 0.4) is 0 Å². The lowest BCUT2D eigenvalue weighted by molar-refractivity contribution is -0.112. The van der Waals surface area contributed by atoms with Crippen molar-refractivity contribution in [1.82, 2.24) is 0 Å². The second-order valence-electron chi connectivity index (χ2n) is 3.90. The lowest BCUT2D eigenvalue weighted by Gasteiger charge is -2.15. The van der Waals surface area contributed by atoms with Gasteiger partial charge in [0.15, 0.2) is 0 Å². The molecular weight excluding hydrogens is 246 g/mol.